The summed E-state index contributed by atoms with van der Waals surface area (Å²) in [6.07, 6.45) is 3.12. The molecule has 0 spiro atoms. The van der Waals surface area contributed by atoms with Crippen LogP contribution in [-0.4, -0.2) is 24.0 Å². The second-order valence-corrected chi connectivity index (χ2v) is 4.31. The van der Waals surface area contributed by atoms with Crippen LogP contribution in [0.3, 0.4) is 0 Å². The number of benzene rings is 1. The standard InChI is InChI=1S/C16H17NO3/c1-13(18)15-11-17-8-7-16(15)20-10-9-19-12-14-5-3-2-4-6-14/h2-8,11H,9-10,12H2,1H3. The zero-order chi connectivity index (χ0) is 14.2. The van der Waals surface area contributed by atoms with Crippen molar-refractivity contribution in [3.63, 3.8) is 0 Å². The molecule has 0 aliphatic heterocycles. The first-order valence-electron chi connectivity index (χ1n) is 6.47. The summed E-state index contributed by atoms with van der Waals surface area (Å²) in [5, 5.41) is 0. The summed E-state index contributed by atoms with van der Waals surface area (Å²) in [7, 11) is 0. The molecule has 0 saturated carbocycles. The van der Waals surface area contributed by atoms with E-state index in [-0.39, 0.29) is 5.78 Å². The number of carbonyl (C=O) groups excluding carboxylic acids is 1. The lowest BCUT2D eigenvalue weighted by Gasteiger charge is -2.09. The van der Waals surface area contributed by atoms with E-state index < -0.39 is 0 Å². The maximum atomic E-state index is 11.4. The largest absolute Gasteiger partial charge is 0.490 e. The molecule has 0 unspecified atom stereocenters. The molecule has 0 atom stereocenters. The van der Waals surface area contributed by atoms with E-state index in [0.29, 0.717) is 31.1 Å². The number of Topliss-reactive ketones (excluding diaryl/α,β-unsaturated/α-hetero) is 1. The van der Waals surface area contributed by atoms with E-state index in [1.807, 2.05) is 30.3 Å². The Labute approximate surface area is 118 Å². The topological polar surface area (TPSA) is 48.4 Å². The number of rotatable bonds is 7. The van der Waals surface area contributed by atoms with Gasteiger partial charge in [-0.15, -0.1) is 0 Å². The fourth-order valence-electron chi connectivity index (χ4n) is 1.75. The average molecular weight is 271 g/mol. The SMILES string of the molecule is CC(=O)c1cnccc1OCCOCc1ccccc1. The van der Waals surface area contributed by atoms with Gasteiger partial charge in [-0.2, -0.15) is 0 Å². The third-order valence-electron chi connectivity index (χ3n) is 2.76. The molecule has 4 heteroatoms. The molecule has 0 N–H and O–H groups in total. The minimum absolute atomic E-state index is 0.0571. The molecule has 104 valence electrons. The number of hydrogen-bond acceptors (Lipinski definition) is 4. The van der Waals surface area contributed by atoms with Gasteiger partial charge in [0.05, 0.1) is 18.8 Å². The maximum absolute atomic E-state index is 11.4. The predicted molar refractivity (Wildman–Crippen MR) is 75.8 cm³/mol. The zero-order valence-corrected chi connectivity index (χ0v) is 11.4. The van der Waals surface area contributed by atoms with Gasteiger partial charge in [0, 0.05) is 12.4 Å². The van der Waals surface area contributed by atoms with Crippen LogP contribution in [0, 0.1) is 0 Å². The number of carbonyl (C=O) groups is 1. The van der Waals surface area contributed by atoms with Crippen molar-refractivity contribution >= 4 is 5.78 Å². The van der Waals surface area contributed by atoms with Gasteiger partial charge in [-0.3, -0.25) is 9.78 Å². The Morgan fingerprint density at radius 2 is 1.95 bits per heavy atom. The second kappa shape index (κ2) is 7.40. The summed E-state index contributed by atoms with van der Waals surface area (Å²) in [6, 6.07) is 11.6. The molecule has 20 heavy (non-hydrogen) atoms. The Morgan fingerprint density at radius 3 is 2.70 bits per heavy atom. The molecule has 0 saturated heterocycles. The van der Waals surface area contributed by atoms with Gasteiger partial charge in [0.15, 0.2) is 5.78 Å². The summed E-state index contributed by atoms with van der Waals surface area (Å²) >= 11 is 0. The van der Waals surface area contributed by atoms with Crippen LogP contribution in [-0.2, 0) is 11.3 Å². The van der Waals surface area contributed by atoms with Gasteiger partial charge >= 0.3 is 0 Å². The Bertz CT molecular complexity index is 555. The molecular formula is C16H17NO3. The van der Waals surface area contributed by atoms with Crippen molar-refractivity contribution in [2.75, 3.05) is 13.2 Å². The minimum atomic E-state index is -0.0571. The van der Waals surface area contributed by atoms with Crippen LogP contribution < -0.4 is 4.74 Å². The van der Waals surface area contributed by atoms with E-state index in [1.165, 1.54) is 13.1 Å². The number of hydrogen-bond donors (Lipinski definition) is 0. The van der Waals surface area contributed by atoms with Crippen LogP contribution in [0.2, 0.25) is 0 Å². The lowest BCUT2D eigenvalue weighted by molar-refractivity contribution is 0.0874. The highest BCUT2D eigenvalue weighted by Gasteiger charge is 2.07. The smallest absolute Gasteiger partial charge is 0.165 e. The van der Waals surface area contributed by atoms with Crippen molar-refractivity contribution in [3.05, 3.63) is 59.9 Å². The van der Waals surface area contributed by atoms with Crippen LogP contribution in [0.5, 0.6) is 5.75 Å². The first-order valence-corrected chi connectivity index (χ1v) is 6.47. The normalized spacial score (nSPS) is 10.2. The molecule has 0 fully saturated rings. The van der Waals surface area contributed by atoms with Crippen molar-refractivity contribution in [3.8, 4) is 5.75 Å². The fraction of sp³-hybridized carbons (Fsp3) is 0.250. The van der Waals surface area contributed by atoms with Crippen molar-refractivity contribution < 1.29 is 14.3 Å². The Balaban J connectivity index is 1.75. The van der Waals surface area contributed by atoms with Gasteiger partial charge in [0.1, 0.15) is 12.4 Å². The van der Waals surface area contributed by atoms with E-state index >= 15 is 0 Å². The predicted octanol–water partition coefficient (Wildman–Crippen LogP) is 2.88. The van der Waals surface area contributed by atoms with Crippen LogP contribution in [0.25, 0.3) is 0 Å². The average Bonchev–Trinajstić information content (AvgIpc) is 2.48. The van der Waals surface area contributed by atoms with Gasteiger partial charge in [-0.1, -0.05) is 30.3 Å². The molecule has 0 amide bonds. The van der Waals surface area contributed by atoms with Crippen molar-refractivity contribution in [1.82, 2.24) is 4.98 Å². The van der Waals surface area contributed by atoms with Crippen LogP contribution in [0.15, 0.2) is 48.8 Å². The van der Waals surface area contributed by atoms with E-state index in [1.54, 1.807) is 12.3 Å². The summed E-state index contributed by atoms with van der Waals surface area (Å²) in [6.45, 7) is 2.92. The first kappa shape index (κ1) is 14.2. The number of pyridine rings is 1. The van der Waals surface area contributed by atoms with Gasteiger partial charge in [-0.25, -0.2) is 0 Å². The highest BCUT2D eigenvalue weighted by Crippen LogP contribution is 2.16. The Hall–Kier alpha value is -2.20. The zero-order valence-electron chi connectivity index (χ0n) is 11.4. The summed E-state index contributed by atoms with van der Waals surface area (Å²) in [5.41, 5.74) is 1.62. The van der Waals surface area contributed by atoms with Gasteiger partial charge in [0.25, 0.3) is 0 Å². The van der Waals surface area contributed by atoms with E-state index in [2.05, 4.69) is 4.98 Å². The first-order chi connectivity index (χ1) is 9.77. The lowest BCUT2D eigenvalue weighted by atomic mass is 10.2. The minimum Gasteiger partial charge on any atom is -0.490 e. The number of ether oxygens (including phenoxy) is 2. The van der Waals surface area contributed by atoms with E-state index in [4.69, 9.17) is 9.47 Å². The lowest BCUT2D eigenvalue weighted by Crippen LogP contribution is -2.09. The summed E-state index contributed by atoms with van der Waals surface area (Å²) < 4.78 is 11.1. The molecule has 2 rings (SSSR count). The molecule has 0 aliphatic carbocycles. The van der Waals surface area contributed by atoms with Crippen molar-refractivity contribution in [2.24, 2.45) is 0 Å². The van der Waals surface area contributed by atoms with E-state index in [9.17, 15) is 4.79 Å². The number of nitrogens with zero attached hydrogens (tertiary/aromatic N) is 1. The summed E-state index contributed by atoms with van der Waals surface area (Å²) in [4.78, 5) is 15.3. The maximum Gasteiger partial charge on any atom is 0.165 e. The quantitative estimate of drug-likeness (QED) is 0.574. The highest BCUT2D eigenvalue weighted by molar-refractivity contribution is 5.96. The second-order valence-electron chi connectivity index (χ2n) is 4.31. The monoisotopic (exact) mass is 271 g/mol. The molecule has 0 radical (unpaired) electrons. The number of aromatic nitrogens is 1. The van der Waals surface area contributed by atoms with Crippen LogP contribution in [0.4, 0.5) is 0 Å². The third-order valence-corrected chi connectivity index (χ3v) is 2.76. The number of ketones is 1. The molecule has 0 aliphatic rings. The Kier molecular flexibility index (Phi) is 5.26. The molecular weight excluding hydrogens is 254 g/mol. The highest BCUT2D eigenvalue weighted by atomic mass is 16.5. The van der Waals surface area contributed by atoms with Gasteiger partial charge < -0.3 is 9.47 Å². The molecule has 1 aromatic heterocycles. The van der Waals surface area contributed by atoms with Crippen LogP contribution >= 0.6 is 0 Å². The summed E-state index contributed by atoms with van der Waals surface area (Å²) in [5.74, 6) is 0.495. The molecule has 1 aromatic carbocycles. The fourth-order valence-corrected chi connectivity index (χ4v) is 1.75. The molecule has 2 aromatic rings. The molecule has 1 heterocycles. The van der Waals surface area contributed by atoms with E-state index in [0.717, 1.165) is 5.56 Å². The molecule has 4 nitrogen and oxygen atoms in total. The molecule has 0 bridgehead atoms. The Morgan fingerprint density at radius 1 is 1.15 bits per heavy atom. The van der Waals surface area contributed by atoms with Gasteiger partial charge in [-0.05, 0) is 18.6 Å². The third kappa shape index (κ3) is 4.17. The van der Waals surface area contributed by atoms with Gasteiger partial charge in [0.2, 0.25) is 0 Å². The van der Waals surface area contributed by atoms with Crippen molar-refractivity contribution in [1.29, 1.82) is 0 Å². The van der Waals surface area contributed by atoms with Crippen molar-refractivity contribution in [2.45, 2.75) is 13.5 Å². The van der Waals surface area contributed by atoms with Crippen LogP contribution in [0.1, 0.15) is 22.8 Å².